The molecule has 1 aliphatic heterocycles. The van der Waals surface area contributed by atoms with E-state index in [4.69, 9.17) is 9.47 Å². The molecular formula is C19H20N2O4. The van der Waals surface area contributed by atoms with E-state index in [1.54, 1.807) is 20.1 Å². The molecule has 2 heterocycles. The number of esters is 1. The number of ether oxygens (including phenoxy) is 2. The van der Waals surface area contributed by atoms with Crippen LogP contribution < -0.4 is 10.1 Å². The molecule has 1 aromatic heterocycles. The number of pyridine rings is 1. The van der Waals surface area contributed by atoms with Gasteiger partial charge in [-0.05, 0) is 31.9 Å². The summed E-state index contributed by atoms with van der Waals surface area (Å²) in [5.41, 5.74) is 3.34. The van der Waals surface area contributed by atoms with Gasteiger partial charge in [-0.2, -0.15) is 0 Å². The Bertz CT molecular complexity index is 855. The van der Waals surface area contributed by atoms with Crippen LogP contribution in [0.2, 0.25) is 0 Å². The number of rotatable bonds is 3. The topological polar surface area (TPSA) is 77.5 Å². The molecule has 2 bridgehead atoms. The van der Waals surface area contributed by atoms with Gasteiger partial charge in [-0.3, -0.25) is 4.79 Å². The van der Waals surface area contributed by atoms with Gasteiger partial charge in [0.05, 0.1) is 24.9 Å². The summed E-state index contributed by atoms with van der Waals surface area (Å²) in [5, 5.41) is 3.08. The Morgan fingerprint density at radius 1 is 1.44 bits per heavy atom. The molecular weight excluding hydrogens is 320 g/mol. The third kappa shape index (κ3) is 2.13. The van der Waals surface area contributed by atoms with Crippen molar-refractivity contribution < 1.29 is 19.1 Å². The van der Waals surface area contributed by atoms with E-state index >= 15 is 0 Å². The number of fused-ring (bicyclic) bond motifs is 1. The molecule has 0 radical (unpaired) electrons. The minimum Gasteiger partial charge on any atom is -0.481 e. The second-order valence-corrected chi connectivity index (χ2v) is 6.72. The Kier molecular flexibility index (Phi) is 3.45. The number of amides is 1. The van der Waals surface area contributed by atoms with Gasteiger partial charge in [0.25, 0.3) is 5.91 Å². The minimum absolute atomic E-state index is 0.0424. The number of hydrogen-bond acceptors (Lipinski definition) is 5. The van der Waals surface area contributed by atoms with Gasteiger partial charge >= 0.3 is 5.97 Å². The van der Waals surface area contributed by atoms with Crippen molar-refractivity contribution >= 4 is 11.9 Å². The molecule has 3 aliphatic rings. The van der Waals surface area contributed by atoms with E-state index in [0.29, 0.717) is 18.7 Å². The van der Waals surface area contributed by atoms with Gasteiger partial charge in [-0.15, -0.1) is 0 Å². The monoisotopic (exact) mass is 340 g/mol. The molecule has 0 saturated heterocycles. The number of hydrogen-bond donors (Lipinski definition) is 1. The molecule has 4 rings (SSSR count). The lowest BCUT2D eigenvalue weighted by molar-refractivity contribution is -0.140. The number of nitrogens with one attached hydrogen (secondary N) is 1. The zero-order valence-electron chi connectivity index (χ0n) is 14.5. The fraction of sp³-hybridized carbons (Fsp3) is 0.421. The maximum Gasteiger partial charge on any atom is 0.343 e. The molecule has 0 fully saturated rings. The van der Waals surface area contributed by atoms with Gasteiger partial charge in [-0.1, -0.05) is 11.6 Å². The van der Waals surface area contributed by atoms with Crippen molar-refractivity contribution in [1.29, 1.82) is 0 Å². The fourth-order valence-corrected chi connectivity index (χ4v) is 4.43. The Hall–Kier alpha value is -2.63. The predicted octanol–water partition coefficient (Wildman–Crippen LogP) is 1.80. The molecule has 6 nitrogen and oxygen atoms in total. The second-order valence-electron chi connectivity index (χ2n) is 6.72. The summed E-state index contributed by atoms with van der Waals surface area (Å²) >= 11 is 0. The first kappa shape index (κ1) is 15.9. The smallest absolute Gasteiger partial charge is 0.343 e. The lowest BCUT2D eigenvalue weighted by atomic mass is 9.63. The third-order valence-electron chi connectivity index (χ3n) is 5.19. The quantitative estimate of drug-likeness (QED) is 0.516. The minimum atomic E-state index is -0.699. The lowest BCUT2D eigenvalue weighted by Crippen LogP contribution is -2.48. The number of nitrogens with zero attached hydrogens (tertiary/aromatic N) is 1. The van der Waals surface area contributed by atoms with Crippen molar-refractivity contribution in [2.45, 2.75) is 32.2 Å². The molecule has 0 spiro atoms. The van der Waals surface area contributed by atoms with E-state index in [1.807, 2.05) is 6.07 Å². The van der Waals surface area contributed by atoms with Crippen LogP contribution in [0.3, 0.4) is 0 Å². The third-order valence-corrected chi connectivity index (χ3v) is 5.19. The van der Waals surface area contributed by atoms with Crippen LogP contribution in [0.15, 0.2) is 34.9 Å². The fourth-order valence-electron chi connectivity index (χ4n) is 4.43. The van der Waals surface area contributed by atoms with Gasteiger partial charge in [0.1, 0.15) is 5.57 Å². The molecule has 0 aromatic carbocycles. The Labute approximate surface area is 145 Å². The highest BCUT2D eigenvalue weighted by Crippen LogP contribution is 2.53. The van der Waals surface area contributed by atoms with Gasteiger partial charge in [0.2, 0.25) is 5.88 Å². The van der Waals surface area contributed by atoms with E-state index in [0.717, 1.165) is 16.8 Å². The first-order valence-electron chi connectivity index (χ1n) is 8.46. The van der Waals surface area contributed by atoms with Crippen LogP contribution in [0.1, 0.15) is 31.5 Å². The molecule has 25 heavy (non-hydrogen) atoms. The van der Waals surface area contributed by atoms with Crippen LogP contribution in [0.25, 0.3) is 0 Å². The van der Waals surface area contributed by atoms with Crippen molar-refractivity contribution in [2.24, 2.45) is 5.92 Å². The summed E-state index contributed by atoms with van der Waals surface area (Å²) in [6, 6.07) is 3.75. The zero-order chi connectivity index (χ0) is 17.8. The van der Waals surface area contributed by atoms with Crippen LogP contribution in [0.4, 0.5) is 0 Å². The second kappa shape index (κ2) is 5.44. The summed E-state index contributed by atoms with van der Waals surface area (Å²) in [6.45, 7) is 4.04. The normalized spacial score (nSPS) is 26.4. The largest absolute Gasteiger partial charge is 0.481 e. The highest BCUT2D eigenvalue weighted by Gasteiger charge is 2.55. The average Bonchev–Trinajstić information content (AvgIpc) is 2.87. The molecule has 1 aromatic rings. The number of methoxy groups -OCH3 is 1. The summed E-state index contributed by atoms with van der Waals surface area (Å²) in [4.78, 5) is 29.7. The molecule has 0 unspecified atom stereocenters. The number of carbonyl (C=O) groups is 2. The SMILES string of the molecule is CCOC(=O)C1=C2[C@H]3C=C(C)C[C@]2(NC1=O)c1ccc(OC)nc1C3. The zero-order valence-corrected chi connectivity index (χ0v) is 14.5. The van der Waals surface area contributed by atoms with E-state index < -0.39 is 11.5 Å². The summed E-state index contributed by atoms with van der Waals surface area (Å²) in [7, 11) is 1.59. The highest BCUT2D eigenvalue weighted by atomic mass is 16.5. The predicted molar refractivity (Wildman–Crippen MR) is 89.8 cm³/mol. The maximum absolute atomic E-state index is 12.7. The van der Waals surface area contributed by atoms with E-state index in [9.17, 15) is 9.59 Å². The summed E-state index contributed by atoms with van der Waals surface area (Å²) in [6.07, 6.45) is 3.41. The maximum atomic E-state index is 12.7. The van der Waals surface area contributed by atoms with Crippen LogP contribution in [0, 0.1) is 5.92 Å². The van der Waals surface area contributed by atoms with Crippen molar-refractivity contribution in [3.05, 3.63) is 46.2 Å². The first-order valence-corrected chi connectivity index (χ1v) is 8.46. The standard InChI is InChI=1S/C19H20N2O4/c1-4-25-18(23)15-16-11-7-10(2)9-19(16,21-17(15)22)12-5-6-14(24-3)20-13(12)8-11/h5-7,11H,4,8-9H2,1-3H3,(H,21,22)/t11-,19-/m0/s1. The Morgan fingerprint density at radius 2 is 2.24 bits per heavy atom. The highest BCUT2D eigenvalue weighted by molar-refractivity contribution is 6.20. The van der Waals surface area contributed by atoms with Crippen molar-refractivity contribution in [3.63, 3.8) is 0 Å². The van der Waals surface area contributed by atoms with Gasteiger partial charge < -0.3 is 14.8 Å². The molecule has 2 atom stereocenters. The molecule has 6 heteroatoms. The van der Waals surface area contributed by atoms with Gasteiger partial charge in [-0.25, -0.2) is 9.78 Å². The van der Waals surface area contributed by atoms with E-state index in [2.05, 4.69) is 23.3 Å². The number of carbonyl (C=O) groups excluding carboxylic acids is 2. The van der Waals surface area contributed by atoms with Crippen LogP contribution in [0.5, 0.6) is 5.88 Å². The summed E-state index contributed by atoms with van der Waals surface area (Å²) in [5.74, 6) is -0.388. The first-order chi connectivity index (χ1) is 12.0. The van der Waals surface area contributed by atoms with Crippen molar-refractivity contribution in [3.8, 4) is 5.88 Å². The lowest BCUT2D eigenvalue weighted by Gasteiger charge is -2.44. The van der Waals surface area contributed by atoms with Crippen LogP contribution in [-0.2, 0) is 26.3 Å². The van der Waals surface area contributed by atoms with Crippen LogP contribution >= 0.6 is 0 Å². The van der Waals surface area contributed by atoms with E-state index in [1.165, 1.54) is 5.57 Å². The van der Waals surface area contributed by atoms with Crippen molar-refractivity contribution in [1.82, 2.24) is 10.3 Å². The van der Waals surface area contributed by atoms with E-state index in [-0.39, 0.29) is 24.0 Å². The Balaban J connectivity index is 1.95. The molecule has 1 amide bonds. The molecule has 0 saturated carbocycles. The van der Waals surface area contributed by atoms with Gasteiger partial charge in [0, 0.05) is 24.0 Å². The Morgan fingerprint density at radius 3 is 2.96 bits per heavy atom. The number of allylic oxidation sites excluding steroid dienone is 1. The average molecular weight is 340 g/mol. The van der Waals surface area contributed by atoms with Gasteiger partial charge in [0.15, 0.2) is 0 Å². The number of aromatic nitrogens is 1. The summed E-state index contributed by atoms with van der Waals surface area (Å²) < 4.78 is 10.4. The van der Waals surface area contributed by atoms with Crippen LogP contribution in [-0.4, -0.2) is 30.6 Å². The van der Waals surface area contributed by atoms with Crippen molar-refractivity contribution in [2.75, 3.05) is 13.7 Å². The molecule has 1 N–H and O–H groups in total. The molecule has 2 aliphatic carbocycles. The molecule has 130 valence electrons.